The van der Waals surface area contributed by atoms with Crippen LogP contribution < -0.4 is 0 Å². The Labute approximate surface area is 120 Å². The van der Waals surface area contributed by atoms with Crippen molar-refractivity contribution in [3.8, 4) is 0 Å². The minimum absolute atomic E-state index is 0.148. The number of ether oxygens (including phenoxy) is 1. The van der Waals surface area contributed by atoms with E-state index >= 15 is 0 Å². The van der Waals surface area contributed by atoms with E-state index in [1.807, 2.05) is 7.05 Å². The van der Waals surface area contributed by atoms with Crippen LogP contribution in [0.4, 0.5) is 0 Å². The summed E-state index contributed by atoms with van der Waals surface area (Å²) >= 11 is 5.50. The van der Waals surface area contributed by atoms with E-state index < -0.39 is 0 Å². The Morgan fingerprint density at radius 3 is 2.58 bits per heavy atom. The third-order valence-corrected chi connectivity index (χ3v) is 3.12. The largest absolute Gasteiger partial charge is 0.378 e. The van der Waals surface area contributed by atoms with Crippen molar-refractivity contribution in [1.29, 1.82) is 0 Å². The molecule has 0 heterocycles. The van der Waals surface area contributed by atoms with Crippen LogP contribution >= 0.6 is 11.6 Å². The number of nitrogens with zero attached hydrogens (tertiary/aromatic N) is 1. The Hall–Kier alpha value is -1.06. The zero-order valence-corrected chi connectivity index (χ0v) is 12.4. The van der Waals surface area contributed by atoms with Crippen LogP contribution in [-0.2, 0) is 16.0 Å². The summed E-state index contributed by atoms with van der Waals surface area (Å²) in [4.78, 5) is 13.6. The molecule has 0 aromatic heterocycles. The standard InChI is InChI=1S/C15H22ClNO2/c1-13-3-5-14(6-4-13)7-8-15(18)17(2)10-12-19-11-9-16/h3-6H,7-12H2,1-2H3. The maximum absolute atomic E-state index is 11.9. The fourth-order valence-electron chi connectivity index (χ4n) is 1.68. The van der Waals surface area contributed by atoms with Gasteiger partial charge in [0.1, 0.15) is 0 Å². The molecule has 19 heavy (non-hydrogen) atoms. The second kappa shape index (κ2) is 8.94. The number of hydrogen-bond acceptors (Lipinski definition) is 2. The van der Waals surface area contributed by atoms with Gasteiger partial charge in [-0.2, -0.15) is 0 Å². The van der Waals surface area contributed by atoms with Gasteiger partial charge in [-0.25, -0.2) is 0 Å². The summed E-state index contributed by atoms with van der Waals surface area (Å²) in [5.74, 6) is 0.639. The van der Waals surface area contributed by atoms with Crippen molar-refractivity contribution in [2.45, 2.75) is 19.8 Å². The molecule has 0 fully saturated rings. The highest BCUT2D eigenvalue weighted by Gasteiger charge is 2.08. The highest BCUT2D eigenvalue weighted by Crippen LogP contribution is 2.06. The molecule has 0 aliphatic heterocycles. The van der Waals surface area contributed by atoms with Crippen LogP contribution in [0.25, 0.3) is 0 Å². The van der Waals surface area contributed by atoms with E-state index in [1.54, 1.807) is 4.90 Å². The van der Waals surface area contributed by atoms with Crippen molar-refractivity contribution >= 4 is 17.5 Å². The Balaban J connectivity index is 2.24. The molecule has 1 aromatic carbocycles. The Morgan fingerprint density at radius 1 is 1.26 bits per heavy atom. The van der Waals surface area contributed by atoms with Crippen LogP contribution in [0.5, 0.6) is 0 Å². The van der Waals surface area contributed by atoms with Gasteiger partial charge in [-0.1, -0.05) is 29.8 Å². The van der Waals surface area contributed by atoms with Gasteiger partial charge < -0.3 is 9.64 Å². The van der Waals surface area contributed by atoms with Crippen LogP contribution in [0.2, 0.25) is 0 Å². The number of amides is 1. The molecule has 4 heteroatoms. The zero-order valence-electron chi connectivity index (χ0n) is 11.7. The Bertz CT molecular complexity index is 378. The van der Waals surface area contributed by atoms with Crippen molar-refractivity contribution in [3.63, 3.8) is 0 Å². The second-order valence-electron chi connectivity index (χ2n) is 4.60. The maximum atomic E-state index is 11.9. The lowest BCUT2D eigenvalue weighted by molar-refractivity contribution is -0.130. The molecule has 106 valence electrons. The van der Waals surface area contributed by atoms with Crippen molar-refractivity contribution in [3.05, 3.63) is 35.4 Å². The Kier molecular flexibility index (Phi) is 7.53. The van der Waals surface area contributed by atoms with Gasteiger partial charge in [0.25, 0.3) is 0 Å². The number of carbonyl (C=O) groups is 1. The summed E-state index contributed by atoms with van der Waals surface area (Å²) in [5.41, 5.74) is 2.44. The highest BCUT2D eigenvalue weighted by atomic mass is 35.5. The summed E-state index contributed by atoms with van der Waals surface area (Å²) in [6.45, 7) is 3.75. The van der Waals surface area contributed by atoms with Crippen LogP contribution in [0.15, 0.2) is 24.3 Å². The van der Waals surface area contributed by atoms with Crippen LogP contribution in [0, 0.1) is 6.92 Å². The molecule has 1 rings (SSSR count). The molecule has 0 saturated heterocycles. The quantitative estimate of drug-likeness (QED) is 0.542. The molecule has 0 unspecified atom stereocenters. The molecule has 0 aliphatic rings. The summed E-state index contributed by atoms with van der Waals surface area (Å²) in [6, 6.07) is 8.30. The molecular weight excluding hydrogens is 262 g/mol. The van der Waals surface area contributed by atoms with Crippen LogP contribution in [-0.4, -0.2) is 43.5 Å². The molecule has 3 nitrogen and oxygen atoms in total. The molecule has 0 aliphatic carbocycles. The van der Waals surface area contributed by atoms with E-state index in [-0.39, 0.29) is 5.91 Å². The van der Waals surface area contributed by atoms with Gasteiger partial charge in [0.05, 0.1) is 13.2 Å². The molecule has 0 bridgehead atoms. The normalized spacial score (nSPS) is 10.5. The summed E-state index contributed by atoms with van der Waals surface area (Å²) in [5, 5.41) is 0. The van der Waals surface area contributed by atoms with Gasteiger partial charge in [-0.05, 0) is 18.9 Å². The summed E-state index contributed by atoms with van der Waals surface area (Å²) in [7, 11) is 1.81. The number of alkyl halides is 1. The zero-order chi connectivity index (χ0) is 14.1. The first-order valence-corrected chi connectivity index (χ1v) is 7.10. The van der Waals surface area contributed by atoms with Crippen LogP contribution in [0.1, 0.15) is 17.5 Å². The average molecular weight is 284 g/mol. The minimum atomic E-state index is 0.148. The summed E-state index contributed by atoms with van der Waals surface area (Å²) in [6.07, 6.45) is 1.32. The summed E-state index contributed by atoms with van der Waals surface area (Å²) < 4.78 is 5.25. The lowest BCUT2D eigenvalue weighted by Gasteiger charge is -2.17. The average Bonchev–Trinajstić information content (AvgIpc) is 2.42. The predicted molar refractivity (Wildman–Crippen MR) is 78.7 cm³/mol. The second-order valence-corrected chi connectivity index (χ2v) is 4.98. The number of carbonyl (C=O) groups excluding carboxylic acids is 1. The van der Waals surface area contributed by atoms with Crippen molar-refractivity contribution in [2.75, 3.05) is 32.7 Å². The lowest BCUT2D eigenvalue weighted by Crippen LogP contribution is -2.30. The first-order chi connectivity index (χ1) is 9.13. The number of rotatable bonds is 8. The molecule has 0 spiro atoms. The SMILES string of the molecule is Cc1ccc(CCC(=O)N(C)CCOCCCl)cc1. The Morgan fingerprint density at radius 2 is 1.95 bits per heavy atom. The van der Waals surface area contributed by atoms with Gasteiger partial charge in [-0.3, -0.25) is 4.79 Å². The van der Waals surface area contributed by atoms with Gasteiger partial charge in [0.2, 0.25) is 5.91 Å². The van der Waals surface area contributed by atoms with E-state index in [9.17, 15) is 4.79 Å². The molecule has 1 aromatic rings. The number of halogens is 1. The number of benzene rings is 1. The number of likely N-dealkylation sites (N-methyl/N-ethyl adjacent to an activating group) is 1. The van der Waals surface area contributed by atoms with Crippen molar-refractivity contribution < 1.29 is 9.53 Å². The fourth-order valence-corrected chi connectivity index (χ4v) is 1.79. The maximum Gasteiger partial charge on any atom is 0.222 e. The number of aryl methyl sites for hydroxylation is 2. The molecule has 0 atom stereocenters. The van der Waals surface area contributed by atoms with E-state index in [1.165, 1.54) is 11.1 Å². The first-order valence-electron chi connectivity index (χ1n) is 6.56. The molecule has 0 radical (unpaired) electrons. The van der Waals surface area contributed by atoms with E-state index in [2.05, 4.69) is 31.2 Å². The van der Waals surface area contributed by atoms with E-state index in [4.69, 9.17) is 16.3 Å². The topological polar surface area (TPSA) is 29.5 Å². The molecule has 0 N–H and O–H groups in total. The molecule has 1 amide bonds. The lowest BCUT2D eigenvalue weighted by atomic mass is 10.1. The molecule has 0 saturated carbocycles. The first kappa shape index (κ1) is 16.0. The monoisotopic (exact) mass is 283 g/mol. The highest BCUT2D eigenvalue weighted by molar-refractivity contribution is 6.17. The van der Waals surface area contributed by atoms with Crippen molar-refractivity contribution in [1.82, 2.24) is 4.90 Å². The van der Waals surface area contributed by atoms with Gasteiger partial charge in [0, 0.05) is 25.9 Å². The van der Waals surface area contributed by atoms with Gasteiger partial charge in [-0.15, -0.1) is 11.6 Å². The smallest absolute Gasteiger partial charge is 0.222 e. The predicted octanol–water partition coefficient (Wildman–Crippen LogP) is 2.64. The van der Waals surface area contributed by atoms with Gasteiger partial charge in [0.15, 0.2) is 0 Å². The van der Waals surface area contributed by atoms with Gasteiger partial charge >= 0.3 is 0 Å². The number of hydrogen-bond donors (Lipinski definition) is 0. The van der Waals surface area contributed by atoms with E-state index in [0.29, 0.717) is 32.1 Å². The van der Waals surface area contributed by atoms with E-state index in [0.717, 1.165) is 6.42 Å². The minimum Gasteiger partial charge on any atom is -0.378 e. The third-order valence-electron chi connectivity index (χ3n) is 2.97. The van der Waals surface area contributed by atoms with Crippen LogP contribution in [0.3, 0.4) is 0 Å². The molecular formula is C15H22ClNO2. The third kappa shape index (κ3) is 6.60. The van der Waals surface area contributed by atoms with Crippen molar-refractivity contribution in [2.24, 2.45) is 0 Å². The fraction of sp³-hybridized carbons (Fsp3) is 0.533.